The van der Waals surface area contributed by atoms with Gasteiger partial charge in [-0.1, -0.05) is 41.7 Å². The fourth-order valence-corrected chi connectivity index (χ4v) is 4.32. The van der Waals surface area contributed by atoms with Crippen LogP contribution in [-0.2, 0) is 11.3 Å². The summed E-state index contributed by atoms with van der Waals surface area (Å²) in [5.41, 5.74) is 2.14. The highest BCUT2D eigenvalue weighted by Gasteiger charge is 2.24. The fourth-order valence-electron chi connectivity index (χ4n) is 3.25. The first-order valence-electron chi connectivity index (χ1n) is 9.02. The lowest BCUT2D eigenvalue weighted by Gasteiger charge is -2.35. The lowest BCUT2D eigenvalue weighted by molar-refractivity contribution is -0.114. The van der Waals surface area contributed by atoms with E-state index < -0.39 is 0 Å². The fraction of sp³-hybridized carbons (Fsp3) is 0.300. The van der Waals surface area contributed by atoms with Crippen molar-refractivity contribution in [2.75, 3.05) is 36.4 Å². The molecule has 0 bridgehead atoms. The van der Waals surface area contributed by atoms with Crippen molar-refractivity contribution in [1.29, 1.82) is 0 Å². The monoisotopic (exact) mass is 382 g/mol. The SMILES string of the molecule is CC(=O)Nc1nc(-c2ccco2)c(N2CCN(Cc3ccccc3)CC2)s1. The van der Waals surface area contributed by atoms with E-state index in [1.807, 2.05) is 18.2 Å². The molecule has 1 aliphatic rings. The van der Waals surface area contributed by atoms with Crippen molar-refractivity contribution in [3.63, 3.8) is 0 Å². The van der Waals surface area contributed by atoms with Crippen molar-refractivity contribution in [2.24, 2.45) is 0 Å². The molecule has 2 aromatic heterocycles. The van der Waals surface area contributed by atoms with Crippen LogP contribution in [0.15, 0.2) is 53.1 Å². The molecule has 1 saturated heterocycles. The van der Waals surface area contributed by atoms with Crippen LogP contribution < -0.4 is 10.2 Å². The molecule has 7 heteroatoms. The Morgan fingerprint density at radius 1 is 1.15 bits per heavy atom. The second kappa shape index (κ2) is 7.94. The van der Waals surface area contributed by atoms with E-state index in [9.17, 15) is 4.79 Å². The summed E-state index contributed by atoms with van der Waals surface area (Å²) in [6.45, 7) is 6.28. The van der Waals surface area contributed by atoms with Gasteiger partial charge in [-0.05, 0) is 17.7 Å². The molecular weight excluding hydrogens is 360 g/mol. The topological polar surface area (TPSA) is 61.6 Å². The van der Waals surface area contributed by atoms with Crippen LogP contribution in [0.2, 0.25) is 0 Å². The first-order chi connectivity index (χ1) is 13.2. The predicted molar refractivity (Wildman–Crippen MR) is 108 cm³/mol. The van der Waals surface area contributed by atoms with Gasteiger partial charge in [0.25, 0.3) is 0 Å². The van der Waals surface area contributed by atoms with Crippen LogP contribution in [0.4, 0.5) is 10.1 Å². The molecule has 0 radical (unpaired) electrons. The van der Waals surface area contributed by atoms with Crippen molar-refractivity contribution in [1.82, 2.24) is 9.88 Å². The molecule has 1 fully saturated rings. The Kier molecular flexibility index (Phi) is 5.22. The normalized spacial score (nSPS) is 15.1. The van der Waals surface area contributed by atoms with Gasteiger partial charge in [-0.2, -0.15) is 0 Å². The summed E-state index contributed by atoms with van der Waals surface area (Å²) < 4.78 is 5.56. The number of rotatable bonds is 5. The zero-order valence-corrected chi connectivity index (χ0v) is 16.0. The maximum absolute atomic E-state index is 11.4. The molecule has 0 spiro atoms. The van der Waals surface area contributed by atoms with Crippen molar-refractivity contribution in [3.8, 4) is 11.5 Å². The van der Waals surface area contributed by atoms with Gasteiger partial charge in [-0.3, -0.25) is 9.69 Å². The molecule has 1 aliphatic heterocycles. The number of nitrogens with one attached hydrogen (secondary N) is 1. The van der Waals surface area contributed by atoms with Crippen LogP contribution in [0, 0.1) is 0 Å². The molecule has 6 nitrogen and oxygen atoms in total. The van der Waals surface area contributed by atoms with Crippen molar-refractivity contribution in [3.05, 3.63) is 54.3 Å². The maximum Gasteiger partial charge on any atom is 0.223 e. The van der Waals surface area contributed by atoms with E-state index in [4.69, 9.17) is 4.42 Å². The van der Waals surface area contributed by atoms with E-state index in [-0.39, 0.29) is 5.91 Å². The minimum Gasteiger partial charge on any atom is -0.463 e. The smallest absolute Gasteiger partial charge is 0.223 e. The predicted octanol–water partition coefficient (Wildman–Crippen LogP) is 3.68. The molecule has 140 valence electrons. The number of anilines is 2. The van der Waals surface area contributed by atoms with E-state index in [1.54, 1.807) is 6.26 Å². The second-order valence-corrected chi connectivity index (χ2v) is 7.56. The Bertz CT molecular complexity index is 884. The molecule has 3 aromatic rings. The van der Waals surface area contributed by atoms with Gasteiger partial charge in [0, 0.05) is 39.6 Å². The number of hydrogen-bond donors (Lipinski definition) is 1. The summed E-state index contributed by atoms with van der Waals surface area (Å²) >= 11 is 1.50. The Morgan fingerprint density at radius 3 is 2.59 bits per heavy atom. The summed E-state index contributed by atoms with van der Waals surface area (Å²) in [5.74, 6) is 0.610. The molecule has 1 N–H and O–H groups in total. The van der Waals surface area contributed by atoms with Crippen LogP contribution in [0.5, 0.6) is 0 Å². The molecule has 0 unspecified atom stereocenters. The Hall–Kier alpha value is -2.64. The standard InChI is InChI=1S/C20H22N4O2S/c1-15(25)21-20-22-18(17-8-5-13-26-17)19(27-20)24-11-9-23(10-12-24)14-16-6-3-2-4-7-16/h2-8,13H,9-12,14H2,1H3,(H,21,22,25). The number of carbonyl (C=O) groups excluding carboxylic acids is 1. The number of piperazine rings is 1. The van der Waals surface area contributed by atoms with Crippen molar-refractivity contribution in [2.45, 2.75) is 13.5 Å². The summed E-state index contributed by atoms with van der Waals surface area (Å²) in [7, 11) is 0. The lowest BCUT2D eigenvalue weighted by atomic mass is 10.2. The number of amides is 1. The van der Waals surface area contributed by atoms with E-state index in [2.05, 4.69) is 44.4 Å². The molecule has 27 heavy (non-hydrogen) atoms. The first-order valence-corrected chi connectivity index (χ1v) is 9.84. The van der Waals surface area contributed by atoms with Gasteiger partial charge in [0.05, 0.1) is 6.26 Å². The summed E-state index contributed by atoms with van der Waals surface area (Å²) in [4.78, 5) is 20.8. The van der Waals surface area contributed by atoms with E-state index in [1.165, 1.54) is 23.8 Å². The van der Waals surface area contributed by atoms with Crippen LogP contribution in [0.25, 0.3) is 11.5 Å². The highest BCUT2D eigenvalue weighted by Crippen LogP contribution is 2.39. The number of aromatic nitrogens is 1. The molecule has 4 rings (SSSR count). The van der Waals surface area contributed by atoms with Crippen molar-refractivity contribution < 1.29 is 9.21 Å². The third-order valence-corrected chi connectivity index (χ3v) is 5.59. The third kappa shape index (κ3) is 4.20. The van der Waals surface area contributed by atoms with Gasteiger partial charge in [0.15, 0.2) is 10.9 Å². The number of nitrogens with zero attached hydrogens (tertiary/aromatic N) is 3. The Labute approximate surface area is 162 Å². The number of carbonyl (C=O) groups is 1. The van der Waals surface area contributed by atoms with Crippen LogP contribution in [-0.4, -0.2) is 42.0 Å². The third-order valence-electron chi connectivity index (χ3n) is 4.56. The number of hydrogen-bond acceptors (Lipinski definition) is 6. The van der Waals surface area contributed by atoms with Gasteiger partial charge < -0.3 is 14.6 Å². The molecule has 1 aromatic carbocycles. The molecule has 3 heterocycles. The minimum atomic E-state index is -0.117. The molecule has 0 aliphatic carbocycles. The zero-order chi connectivity index (χ0) is 18.6. The van der Waals surface area contributed by atoms with Gasteiger partial charge in [0.2, 0.25) is 5.91 Å². The zero-order valence-electron chi connectivity index (χ0n) is 15.2. The van der Waals surface area contributed by atoms with E-state index in [0.29, 0.717) is 5.13 Å². The molecule has 1 amide bonds. The first kappa shape index (κ1) is 17.8. The molecular formula is C20H22N4O2S. The van der Waals surface area contributed by atoms with E-state index >= 15 is 0 Å². The van der Waals surface area contributed by atoms with Crippen LogP contribution >= 0.6 is 11.3 Å². The van der Waals surface area contributed by atoms with Crippen LogP contribution in [0.3, 0.4) is 0 Å². The lowest BCUT2D eigenvalue weighted by Crippen LogP contribution is -2.45. The van der Waals surface area contributed by atoms with Gasteiger partial charge in [0.1, 0.15) is 10.7 Å². The minimum absolute atomic E-state index is 0.117. The van der Waals surface area contributed by atoms with Gasteiger partial charge >= 0.3 is 0 Å². The number of furan rings is 1. The highest BCUT2D eigenvalue weighted by atomic mass is 32.1. The quantitative estimate of drug-likeness (QED) is 0.729. The van der Waals surface area contributed by atoms with Crippen molar-refractivity contribution >= 4 is 27.4 Å². The van der Waals surface area contributed by atoms with E-state index in [0.717, 1.165) is 49.2 Å². The maximum atomic E-state index is 11.4. The van der Waals surface area contributed by atoms with Crippen LogP contribution in [0.1, 0.15) is 12.5 Å². The second-order valence-electron chi connectivity index (χ2n) is 6.58. The highest BCUT2D eigenvalue weighted by molar-refractivity contribution is 7.20. The summed E-state index contributed by atoms with van der Waals surface area (Å²) in [5, 5.41) is 4.45. The summed E-state index contributed by atoms with van der Waals surface area (Å²) in [6, 6.07) is 14.3. The molecule has 0 saturated carbocycles. The molecule has 0 atom stereocenters. The average molecular weight is 382 g/mol. The van der Waals surface area contributed by atoms with Gasteiger partial charge in [-0.15, -0.1) is 0 Å². The van der Waals surface area contributed by atoms with Gasteiger partial charge in [-0.25, -0.2) is 4.98 Å². The Morgan fingerprint density at radius 2 is 1.93 bits per heavy atom. The Balaban J connectivity index is 1.48. The average Bonchev–Trinajstić information content (AvgIpc) is 3.32. The number of thiazole rings is 1. The summed E-state index contributed by atoms with van der Waals surface area (Å²) in [6.07, 6.45) is 1.65. The number of benzene rings is 1. The largest absolute Gasteiger partial charge is 0.463 e.